The number of halogens is 1. The van der Waals surface area contributed by atoms with Crippen molar-refractivity contribution in [1.82, 2.24) is 14.8 Å². The zero-order chi connectivity index (χ0) is 15.0. The first kappa shape index (κ1) is 13.3. The molecule has 0 spiro atoms. The monoisotopic (exact) mass is 342 g/mol. The number of hydrogen-bond donors (Lipinski definition) is 1. The number of pyridine rings is 1. The SMILES string of the molecule is N#Cc1cc(Br)cc(-n2nc(C(=O)O)c3cccnc32)c1. The molecule has 1 aromatic carbocycles. The number of benzene rings is 1. The van der Waals surface area contributed by atoms with Gasteiger partial charge in [-0.15, -0.1) is 0 Å². The minimum absolute atomic E-state index is 0.0726. The Bertz CT molecular complexity index is 911. The van der Waals surface area contributed by atoms with Crippen LogP contribution in [0.25, 0.3) is 16.7 Å². The summed E-state index contributed by atoms with van der Waals surface area (Å²) in [5.41, 5.74) is 1.36. The van der Waals surface area contributed by atoms with Crippen molar-refractivity contribution in [2.75, 3.05) is 0 Å². The zero-order valence-corrected chi connectivity index (χ0v) is 12.1. The van der Waals surface area contributed by atoms with Gasteiger partial charge in [0.1, 0.15) is 0 Å². The largest absolute Gasteiger partial charge is 0.476 e. The first-order valence-corrected chi connectivity index (χ1v) is 6.67. The number of fused-ring (bicyclic) bond motifs is 1. The smallest absolute Gasteiger partial charge is 0.357 e. The second-order valence-corrected chi connectivity index (χ2v) is 5.17. The highest BCUT2D eigenvalue weighted by Crippen LogP contribution is 2.23. The van der Waals surface area contributed by atoms with Gasteiger partial charge in [-0.25, -0.2) is 14.5 Å². The number of hydrogen-bond acceptors (Lipinski definition) is 4. The van der Waals surface area contributed by atoms with Crippen LogP contribution < -0.4 is 0 Å². The fraction of sp³-hybridized carbons (Fsp3) is 0. The molecule has 0 amide bonds. The molecule has 3 aromatic rings. The number of carbonyl (C=O) groups is 1. The van der Waals surface area contributed by atoms with E-state index < -0.39 is 5.97 Å². The quantitative estimate of drug-likeness (QED) is 0.772. The van der Waals surface area contributed by atoms with E-state index in [2.05, 4.69) is 26.0 Å². The maximum Gasteiger partial charge on any atom is 0.357 e. The van der Waals surface area contributed by atoms with Crippen molar-refractivity contribution in [1.29, 1.82) is 5.26 Å². The van der Waals surface area contributed by atoms with Crippen LogP contribution in [0.4, 0.5) is 0 Å². The Morgan fingerprint density at radius 2 is 2.19 bits per heavy atom. The molecule has 2 aromatic heterocycles. The van der Waals surface area contributed by atoms with E-state index in [9.17, 15) is 9.90 Å². The molecule has 0 fully saturated rings. The van der Waals surface area contributed by atoms with E-state index >= 15 is 0 Å². The summed E-state index contributed by atoms with van der Waals surface area (Å²) in [5.74, 6) is -1.12. The van der Waals surface area contributed by atoms with E-state index in [0.29, 0.717) is 26.8 Å². The van der Waals surface area contributed by atoms with Crippen LogP contribution >= 0.6 is 15.9 Å². The molecule has 2 heterocycles. The lowest BCUT2D eigenvalue weighted by molar-refractivity contribution is 0.0692. The number of carboxylic acid groups (broad SMARTS) is 1. The Morgan fingerprint density at radius 1 is 1.38 bits per heavy atom. The summed E-state index contributed by atoms with van der Waals surface area (Å²) in [5, 5.41) is 22.8. The van der Waals surface area contributed by atoms with Gasteiger partial charge in [0.25, 0.3) is 0 Å². The third-order valence-corrected chi connectivity index (χ3v) is 3.36. The van der Waals surface area contributed by atoms with E-state index in [1.165, 1.54) is 4.68 Å². The zero-order valence-electron chi connectivity index (χ0n) is 10.5. The highest BCUT2D eigenvalue weighted by molar-refractivity contribution is 9.10. The van der Waals surface area contributed by atoms with Crippen molar-refractivity contribution < 1.29 is 9.90 Å². The molecule has 3 rings (SSSR count). The maximum absolute atomic E-state index is 11.3. The van der Waals surface area contributed by atoms with Crippen molar-refractivity contribution in [3.05, 3.63) is 52.3 Å². The molecule has 0 unspecified atom stereocenters. The molecule has 0 aliphatic heterocycles. The van der Waals surface area contributed by atoms with Crippen LogP contribution in [0, 0.1) is 11.3 Å². The summed E-state index contributed by atoms with van der Waals surface area (Å²) in [4.78, 5) is 15.5. The molecule has 1 N–H and O–H groups in total. The van der Waals surface area contributed by atoms with Gasteiger partial charge in [-0.3, -0.25) is 0 Å². The Kier molecular flexibility index (Phi) is 3.16. The molecule has 0 saturated heterocycles. The van der Waals surface area contributed by atoms with Crippen molar-refractivity contribution in [2.24, 2.45) is 0 Å². The Morgan fingerprint density at radius 3 is 2.90 bits per heavy atom. The molecule has 7 heteroatoms. The normalized spacial score (nSPS) is 10.5. The molecule has 0 radical (unpaired) electrons. The molecular weight excluding hydrogens is 336 g/mol. The molecular formula is C14H7BrN4O2. The van der Waals surface area contributed by atoms with Crippen LogP contribution in [0.2, 0.25) is 0 Å². The van der Waals surface area contributed by atoms with E-state index in [1.807, 2.05) is 6.07 Å². The summed E-state index contributed by atoms with van der Waals surface area (Å²) in [6.45, 7) is 0. The van der Waals surface area contributed by atoms with Gasteiger partial charge in [0.2, 0.25) is 0 Å². The summed E-state index contributed by atoms with van der Waals surface area (Å²) in [6, 6.07) is 10.4. The molecule has 0 atom stereocenters. The highest BCUT2D eigenvalue weighted by atomic mass is 79.9. The number of nitriles is 1. The molecule has 0 aliphatic carbocycles. The average molecular weight is 343 g/mol. The molecule has 0 saturated carbocycles. The molecule has 6 nitrogen and oxygen atoms in total. The lowest BCUT2D eigenvalue weighted by atomic mass is 10.2. The summed E-state index contributed by atoms with van der Waals surface area (Å²) in [6.07, 6.45) is 1.56. The van der Waals surface area contributed by atoms with Gasteiger partial charge in [-0.2, -0.15) is 10.4 Å². The van der Waals surface area contributed by atoms with Crippen LogP contribution in [0.5, 0.6) is 0 Å². The van der Waals surface area contributed by atoms with Gasteiger partial charge in [0.05, 0.1) is 22.7 Å². The van der Waals surface area contributed by atoms with Crippen LogP contribution in [0.1, 0.15) is 16.1 Å². The predicted octanol–water partition coefficient (Wildman–Crippen LogP) is 2.75. The van der Waals surface area contributed by atoms with E-state index in [-0.39, 0.29) is 5.69 Å². The van der Waals surface area contributed by atoms with E-state index in [0.717, 1.165) is 0 Å². The third kappa shape index (κ3) is 2.26. The third-order valence-electron chi connectivity index (χ3n) is 2.90. The van der Waals surface area contributed by atoms with Crippen molar-refractivity contribution in [2.45, 2.75) is 0 Å². The van der Waals surface area contributed by atoms with Crippen molar-refractivity contribution in [3.8, 4) is 11.8 Å². The highest BCUT2D eigenvalue weighted by Gasteiger charge is 2.18. The second-order valence-electron chi connectivity index (χ2n) is 4.25. The topological polar surface area (TPSA) is 91.8 Å². The van der Waals surface area contributed by atoms with Gasteiger partial charge in [0, 0.05) is 10.7 Å². The number of rotatable bonds is 2. The Labute approximate surface area is 127 Å². The summed E-state index contributed by atoms with van der Waals surface area (Å²) >= 11 is 3.32. The van der Waals surface area contributed by atoms with Gasteiger partial charge in [-0.1, -0.05) is 15.9 Å². The predicted molar refractivity (Wildman–Crippen MR) is 78.2 cm³/mol. The van der Waals surface area contributed by atoms with Crippen LogP contribution in [0.3, 0.4) is 0 Å². The number of aromatic carboxylic acids is 1. The molecule has 0 bridgehead atoms. The van der Waals surface area contributed by atoms with Gasteiger partial charge in [0.15, 0.2) is 11.3 Å². The van der Waals surface area contributed by atoms with E-state index in [1.54, 1.807) is 36.5 Å². The van der Waals surface area contributed by atoms with Crippen molar-refractivity contribution >= 4 is 32.9 Å². The summed E-state index contributed by atoms with van der Waals surface area (Å²) in [7, 11) is 0. The van der Waals surface area contributed by atoms with E-state index in [4.69, 9.17) is 5.26 Å². The summed E-state index contributed by atoms with van der Waals surface area (Å²) < 4.78 is 2.12. The average Bonchev–Trinajstić information content (AvgIpc) is 2.86. The second kappa shape index (κ2) is 5.00. The lowest BCUT2D eigenvalue weighted by Crippen LogP contribution is -2.02. The minimum atomic E-state index is -1.12. The number of nitrogens with zero attached hydrogens (tertiary/aromatic N) is 4. The van der Waals surface area contributed by atoms with Crippen LogP contribution in [-0.2, 0) is 0 Å². The maximum atomic E-state index is 11.3. The number of carboxylic acids is 1. The Balaban J connectivity index is 2.33. The minimum Gasteiger partial charge on any atom is -0.476 e. The van der Waals surface area contributed by atoms with Crippen molar-refractivity contribution in [3.63, 3.8) is 0 Å². The Hall–Kier alpha value is -2.72. The first-order chi connectivity index (χ1) is 10.1. The number of aromatic nitrogens is 3. The standard InChI is InChI=1S/C14H7BrN4O2/c15-9-4-8(7-16)5-10(6-9)19-13-11(2-1-3-17-13)12(18-19)14(20)21/h1-6H,(H,20,21). The van der Waals surface area contributed by atoms with Gasteiger partial charge in [-0.05, 0) is 30.3 Å². The fourth-order valence-corrected chi connectivity index (χ4v) is 2.53. The van der Waals surface area contributed by atoms with Gasteiger partial charge >= 0.3 is 5.97 Å². The molecule has 102 valence electrons. The van der Waals surface area contributed by atoms with Crippen LogP contribution in [0.15, 0.2) is 41.0 Å². The van der Waals surface area contributed by atoms with Gasteiger partial charge < -0.3 is 5.11 Å². The first-order valence-electron chi connectivity index (χ1n) is 5.88. The van der Waals surface area contributed by atoms with Crippen LogP contribution in [-0.4, -0.2) is 25.8 Å². The molecule has 0 aliphatic rings. The molecule has 21 heavy (non-hydrogen) atoms. The lowest BCUT2D eigenvalue weighted by Gasteiger charge is -2.04. The fourth-order valence-electron chi connectivity index (χ4n) is 2.05.